The van der Waals surface area contributed by atoms with Crippen molar-refractivity contribution in [2.45, 2.75) is 13.8 Å². The Bertz CT molecular complexity index is 372. The van der Waals surface area contributed by atoms with Crippen LogP contribution in [0.25, 0.3) is 0 Å². The summed E-state index contributed by atoms with van der Waals surface area (Å²) >= 11 is 0. The molecule has 2 nitrogen and oxygen atoms in total. The highest BCUT2D eigenvalue weighted by Crippen LogP contribution is 2.15. The molecule has 1 amide bonds. The summed E-state index contributed by atoms with van der Waals surface area (Å²) in [6.07, 6.45) is 2.95. The molecule has 1 aromatic rings. The topological polar surface area (TPSA) is 29.1 Å². The van der Waals surface area contributed by atoms with E-state index in [2.05, 4.69) is 5.32 Å². The molecule has 0 saturated heterocycles. The van der Waals surface area contributed by atoms with Crippen molar-refractivity contribution < 1.29 is 9.18 Å². The van der Waals surface area contributed by atoms with Crippen molar-refractivity contribution in [2.75, 3.05) is 5.32 Å². The van der Waals surface area contributed by atoms with Crippen molar-refractivity contribution in [3.63, 3.8) is 0 Å². The summed E-state index contributed by atoms with van der Waals surface area (Å²) in [6, 6.07) is 4.58. The molecule has 14 heavy (non-hydrogen) atoms. The van der Waals surface area contributed by atoms with E-state index >= 15 is 0 Å². The maximum absolute atomic E-state index is 13.1. The van der Waals surface area contributed by atoms with Crippen molar-refractivity contribution in [3.05, 3.63) is 41.7 Å². The number of halogens is 1. The number of aryl methyl sites for hydroxylation is 1. The lowest BCUT2D eigenvalue weighted by Crippen LogP contribution is -2.09. The molecule has 0 spiro atoms. The van der Waals surface area contributed by atoms with Gasteiger partial charge >= 0.3 is 0 Å². The second-order valence-corrected chi connectivity index (χ2v) is 2.97. The van der Waals surface area contributed by atoms with Crippen LogP contribution in [-0.2, 0) is 4.79 Å². The first-order valence-corrected chi connectivity index (χ1v) is 4.33. The predicted molar refractivity (Wildman–Crippen MR) is 54.6 cm³/mol. The highest BCUT2D eigenvalue weighted by molar-refractivity contribution is 5.99. The van der Waals surface area contributed by atoms with Crippen LogP contribution in [0.4, 0.5) is 10.1 Å². The summed E-state index contributed by atoms with van der Waals surface area (Å²) in [5.74, 6) is -0.745. The lowest BCUT2D eigenvalue weighted by atomic mass is 10.2. The van der Waals surface area contributed by atoms with Crippen LogP contribution >= 0.6 is 0 Å². The number of carbonyl (C=O) groups is 1. The maximum atomic E-state index is 13.1. The first-order valence-electron chi connectivity index (χ1n) is 4.33. The Morgan fingerprint density at radius 1 is 1.50 bits per heavy atom. The third-order valence-electron chi connectivity index (χ3n) is 1.70. The molecule has 0 aliphatic rings. The van der Waals surface area contributed by atoms with Crippen molar-refractivity contribution in [1.29, 1.82) is 0 Å². The molecule has 1 rings (SSSR count). The zero-order valence-corrected chi connectivity index (χ0v) is 8.17. The maximum Gasteiger partial charge on any atom is 0.248 e. The first kappa shape index (κ1) is 10.4. The Labute approximate surface area is 82.4 Å². The monoisotopic (exact) mass is 193 g/mol. The summed E-state index contributed by atoms with van der Waals surface area (Å²) in [7, 11) is 0. The molecular weight excluding hydrogens is 181 g/mol. The summed E-state index contributed by atoms with van der Waals surface area (Å²) in [5, 5.41) is 2.45. The van der Waals surface area contributed by atoms with Gasteiger partial charge < -0.3 is 5.32 Å². The van der Waals surface area contributed by atoms with Gasteiger partial charge in [-0.1, -0.05) is 12.1 Å². The van der Waals surface area contributed by atoms with Crippen molar-refractivity contribution in [2.24, 2.45) is 0 Å². The van der Waals surface area contributed by atoms with Crippen molar-refractivity contribution in [3.8, 4) is 0 Å². The number of benzene rings is 1. The SMILES string of the molecule is C/C=C/C(=O)Nc1cc(C)ccc1F. The fraction of sp³-hybridized carbons (Fsp3) is 0.182. The van der Waals surface area contributed by atoms with Crippen LogP contribution in [-0.4, -0.2) is 5.91 Å². The number of rotatable bonds is 2. The molecule has 0 aromatic heterocycles. The molecule has 3 heteroatoms. The molecule has 1 aromatic carbocycles. The van der Waals surface area contributed by atoms with E-state index in [9.17, 15) is 9.18 Å². The molecule has 1 N–H and O–H groups in total. The summed E-state index contributed by atoms with van der Waals surface area (Å²) < 4.78 is 13.1. The number of hydrogen-bond acceptors (Lipinski definition) is 1. The van der Waals surface area contributed by atoms with Crippen LogP contribution < -0.4 is 5.32 Å². The smallest absolute Gasteiger partial charge is 0.248 e. The first-order chi connectivity index (χ1) is 6.63. The summed E-state index contributed by atoms with van der Waals surface area (Å²) in [5.41, 5.74) is 1.12. The lowest BCUT2D eigenvalue weighted by Gasteiger charge is -2.04. The van der Waals surface area contributed by atoms with Gasteiger partial charge in [0.05, 0.1) is 5.69 Å². The minimum atomic E-state index is -0.423. The van der Waals surface area contributed by atoms with Gasteiger partial charge in [0, 0.05) is 0 Å². The minimum Gasteiger partial charge on any atom is -0.320 e. The molecule has 0 unspecified atom stereocenters. The number of hydrogen-bond donors (Lipinski definition) is 1. The van der Waals surface area contributed by atoms with Gasteiger partial charge in [-0.25, -0.2) is 4.39 Å². The fourth-order valence-electron chi connectivity index (χ4n) is 1.06. The molecule has 74 valence electrons. The van der Waals surface area contributed by atoms with E-state index in [0.717, 1.165) is 5.56 Å². The van der Waals surface area contributed by atoms with Crippen LogP contribution in [0.1, 0.15) is 12.5 Å². The van der Waals surface area contributed by atoms with E-state index in [4.69, 9.17) is 0 Å². The predicted octanol–water partition coefficient (Wildman–Crippen LogP) is 2.65. The van der Waals surface area contributed by atoms with E-state index in [1.807, 2.05) is 6.92 Å². The summed E-state index contributed by atoms with van der Waals surface area (Å²) in [4.78, 5) is 11.1. The largest absolute Gasteiger partial charge is 0.320 e. The Morgan fingerprint density at radius 3 is 2.86 bits per heavy atom. The normalized spacial score (nSPS) is 10.5. The average Bonchev–Trinajstić information content (AvgIpc) is 2.12. The standard InChI is InChI=1S/C11H12FNO/c1-3-4-11(14)13-10-7-8(2)5-6-9(10)12/h3-7H,1-2H3,(H,13,14)/b4-3+. The Kier molecular flexibility index (Phi) is 3.40. The molecule has 0 atom stereocenters. The van der Waals surface area contributed by atoms with Gasteiger partial charge in [-0.15, -0.1) is 0 Å². The van der Waals surface area contributed by atoms with Gasteiger partial charge in [0.1, 0.15) is 5.82 Å². The number of nitrogens with one attached hydrogen (secondary N) is 1. The number of anilines is 1. The second-order valence-electron chi connectivity index (χ2n) is 2.97. The molecular formula is C11H12FNO. The molecule has 0 heterocycles. The van der Waals surface area contributed by atoms with E-state index in [0.29, 0.717) is 0 Å². The minimum absolute atomic E-state index is 0.216. The number of amides is 1. The Morgan fingerprint density at radius 2 is 2.21 bits per heavy atom. The van der Waals surface area contributed by atoms with Crippen LogP contribution in [0.3, 0.4) is 0 Å². The third kappa shape index (κ3) is 2.69. The van der Waals surface area contributed by atoms with Crippen molar-refractivity contribution in [1.82, 2.24) is 0 Å². The van der Waals surface area contributed by atoms with Gasteiger partial charge in [0.25, 0.3) is 0 Å². The quantitative estimate of drug-likeness (QED) is 0.719. The highest BCUT2D eigenvalue weighted by atomic mass is 19.1. The van der Waals surface area contributed by atoms with Gasteiger partial charge in [-0.05, 0) is 37.6 Å². The van der Waals surface area contributed by atoms with Crippen molar-refractivity contribution >= 4 is 11.6 Å². The van der Waals surface area contributed by atoms with Crippen LogP contribution in [0.5, 0.6) is 0 Å². The highest BCUT2D eigenvalue weighted by Gasteiger charge is 2.03. The number of carbonyl (C=O) groups excluding carboxylic acids is 1. The second kappa shape index (κ2) is 4.56. The van der Waals surface area contributed by atoms with Gasteiger partial charge in [0.15, 0.2) is 0 Å². The fourth-order valence-corrected chi connectivity index (χ4v) is 1.06. The molecule has 0 aliphatic heterocycles. The van der Waals surface area contributed by atoms with E-state index < -0.39 is 5.82 Å². The lowest BCUT2D eigenvalue weighted by molar-refractivity contribution is -0.111. The summed E-state index contributed by atoms with van der Waals surface area (Å²) in [6.45, 7) is 3.57. The molecule has 0 fully saturated rings. The van der Waals surface area contributed by atoms with Crippen LogP contribution in [0, 0.1) is 12.7 Å². The van der Waals surface area contributed by atoms with E-state index in [1.165, 1.54) is 12.1 Å². The zero-order valence-electron chi connectivity index (χ0n) is 8.17. The Hall–Kier alpha value is -1.64. The van der Waals surface area contributed by atoms with Gasteiger partial charge in [-0.2, -0.15) is 0 Å². The average molecular weight is 193 g/mol. The van der Waals surface area contributed by atoms with E-state index in [1.54, 1.807) is 25.1 Å². The zero-order chi connectivity index (χ0) is 10.6. The molecule has 0 saturated carbocycles. The van der Waals surface area contributed by atoms with Gasteiger partial charge in [0.2, 0.25) is 5.91 Å². The van der Waals surface area contributed by atoms with Crippen LogP contribution in [0.2, 0.25) is 0 Å². The third-order valence-corrected chi connectivity index (χ3v) is 1.70. The van der Waals surface area contributed by atoms with Gasteiger partial charge in [-0.3, -0.25) is 4.79 Å². The van der Waals surface area contributed by atoms with E-state index in [-0.39, 0.29) is 11.6 Å². The van der Waals surface area contributed by atoms with Crippen LogP contribution in [0.15, 0.2) is 30.4 Å². The molecule has 0 aliphatic carbocycles. The number of allylic oxidation sites excluding steroid dienone is 1. The Balaban J connectivity index is 2.85. The molecule has 0 bridgehead atoms. The molecule has 0 radical (unpaired) electrons.